The number of carbonyl (C=O) groups is 1. The van der Waals surface area contributed by atoms with Gasteiger partial charge in [-0.2, -0.15) is 4.31 Å². The standard InChI is InChI=1S/C16H23FN2O4S/c1-16(2,3)23-15(20)18-13-8-10-19(11-9-13)24(21,22)14-6-4-12(17)5-7-14/h4-7,13H,8-11H2,1-3H3,(H,18,20). The van der Waals surface area contributed by atoms with Crippen LogP contribution in [0.25, 0.3) is 0 Å². The molecule has 0 saturated carbocycles. The molecule has 1 aromatic rings. The van der Waals surface area contributed by atoms with Gasteiger partial charge in [-0.1, -0.05) is 0 Å². The van der Waals surface area contributed by atoms with Gasteiger partial charge in [0.15, 0.2) is 0 Å². The van der Waals surface area contributed by atoms with Gasteiger partial charge in [-0.25, -0.2) is 17.6 Å². The SMILES string of the molecule is CC(C)(C)OC(=O)NC1CCN(S(=O)(=O)c2ccc(F)cc2)CC1. The molecule has 1 aromatic carbocycles. The predicted molar refractivity (Wildman–Crippen MR) is 87.6 cm³/mol. The summed E-state index contributed by atoms with van der Waals surface area (Å²) in [4.78, 5) is 11.8. The van der Waals surface area contributed by atoms with Gasteiger partial charge in [-0.15, -0.1) is 0 Å². The predicted octanol–water partition coefficient (Wildman–Crippen LogP) is 2.50. The zero-order valence-electron chi connectivity index (χ0n) is 14.1. The molecule has 134 valence electrons. The maximum Gasteiger partial charge on any atom is 0.407 e. The topological polar surface area (TPSA) is 75.7 Å². The molecule has 2 rings (SSSR count). The van der Waals surface area contributed by atoms with E-state index in [2.05, 4.69) is 5.32 Å². The molecule has 0 atom stereocenters. The lowest BCUT2D eigenvalue weighted by atomic mass is 10.1. The molecule has 1 amide bonds. The van der Waals surface area contributed by atoms with Gasteiger partial charge in [0, 0.05) is 19.1 Å². The normalized spacial score (nSPS) is 17.5. The Kier molecular flexibility index (Phi) is 5.49. The summed E-state index contributed by atoms with van der Waals surface area (Å²) in [6, 6.07) is 4.65. The highest BCUT2D eigenvalue weighted by molar-refractivity contribution is 7.89. The van der Waals surface area contributed by atoms with E-state index in [1.807, 2.05) is 0 Å². The Labute approximate surface area is 142 Å². The fraction of sp³-hybridized carbons (Fsp3) is 0.562. The second kappa shape index (κ2) is 7.06. The van der Waals surface area contributed by atoms with Crippen LogP contribution in [-0.2, 0) is 14.8 Å². The van der Waals surface area contributed by atoms with Crippen molar-refractivity contribution in [2.45, 2.75) is 50.2 Å². The second-order valence-corrected chi connectivity index (χ2v) is 8.72. The summed E-state index contributed by atoms with van der Waals surface area (Å²) in [7, 11) is -3.64. The van der Waals surface area contributed by atoms with Gasteiger partial charge >= 0.3 is 6.09 Å². The third-order valence-electron chi connectivity index (χ3n) is 3.63. The summed E-state index contributed by atoms with van der Waals surface area (Å²) in [5, 5.41) is 2.76. The summed E-state index contributed by atoms with van der Waals surface area (Å²) in [6.45, 7) is 5.93. The Morgan fingerprint density at radius 3 is 2.25 bits per heavy atom. The van der Waals surface area contributed by atoms with E-state index in [-0.39, 0.29) is 10.9 Å². The maximum absolute atomic E-state index is 12.9. The molecule has 0 aliphatic carbocycles. The van der Waals surface area contributed by atoms with Crippen LogP contribution in [0.2, 0.25) is 0 Å². The van der Waals surface area contributed by atoms with Crippen molar-refractivity contribution in [2.24, 2.45) is 0 Å². The quantitative estimate of drug-likeness (QED) is 0.901. The summed E-state index contributed by atoms with van der Waals surface area (Å²) in [5.74, 6) is -0.478. The zero-order valence-corrected chi connectivity index (χ0v) is 14.9. The van der Waals surface area contributed by atoms with Crippen LogP contribution in [0, 0.1) is 5.82 Å². The minimum absolute atomic E-state index is 0.0717. The van der Waals surface area contributed by atoms with E-state index >= 15 is 0 Å². The Morgan fingerprint density at radius 2 is 1.75 bits per heavy atom. The largest absolute Gasteiger partial charge is 0.444 e. The smallest absolute Gasteiger partial charge is 0.407 e. The lowest BCUT2D eigenvalue weighted by Gasteiger charge is -2.32. The monoisotopic (exact) mass is 358 g/mol. The number of ether oxygens (including phenoxy) is 1. The minimum Gasteiger partial charge on any atom is -0.444 e. The molecule has 6 nitrogen and oxygen atoms in total. The van der Waals surface area contributed by atoms with Crippen molar-refractivity contribution in [1.82, 2.24) is 9.62 Å². The first-order valence-corrected chi connectivity index (χ1v) is 9.27. The van der Waals surface area contributed by atoms with Crippen molar-refractivity contribution in [3.63, 3.8) is 0 Å². The van der Waals surface area contributed by atoms with E-state index in [0.29, 0.717) is 25.9 Å². The summed E-state index contributed by atoms with van der Waals surface area (Å²) in [6.07, 6.45) is 0.502. The van der Waals surface area contributed by atoms with Crippen molar-refractivity contribution >= 4 is 16.1 Å². The number of sulfonamides is 1. The average Bonchev–Trinajstić information content (AvgIpc) is 2.46. The second-order valence-electron chi connectivity index (χ2n) is 6.78. The first kappa shape index (κ1) is 18.7. The van der Waals surface area contributed by atoms with Crippen LogP contribution < -0.4 is 5.32 Å². The Balaban J connectivity index is 1.92. The summed E-state index contributed by atoms with van der Waals surface area (Å²) >= 11 is 0. The van der Waals surface area contributed by atoms with Crippen LogP contribution in [0.1, 0.15) is 33.6 Å². The van der Waals surface area contributed by atoms with E-state index in [1.165, 1.54) is 16.4 Å². The molecular formula is C16H23FN2O4S. The van der Waals surface area contributed by atoms with Crippen LogP contribution >= 0.6 is 0 Å². The van der Waals surface area contributed by atoms with Crippen molar-refractivity contribution in [2.75, 3.05) is 13.1 Å². The van der Waals surface area contributed by atoms with Gasteiger partial charge in [0.05, 0.1) is 4.90 Å². The average molecular weight is 358 g/mol. The number of hydrogen-bond donors (Lipinski definition) is 1. The Hall–Kier alpha value is -1.67. The van der Waals surface area contributed by atoms with Gasteiger partial charge in [0.1, 0.15) is 11.4 Å². The number of amides is 1. The van der Waals surface area contributed by atoms with Crippen LogP contribution in [0.5, 0.6) is 0 Å². The molecule has 1 aliphatic rings. The molecule has 1 saturated heterocycles. The fourth-order valence-electron chi connectivity index (χ4n) is 2.47. The molecule has 0 spiro atoms. The molecule has 1 heterocycles. The highest BCUT2D eigenvalue weighted by atomic mass is 32.2. The molecule has 1 N–H and O–H groups in total. The van der Waals surface area contributed by atoms with Gasteiger partial charge < -0.3 is 10.1 Å². The molecule has 8 heteroatoms. The number of rotatable bonds is 3. The van der Waals surface area contributed by atoms with Crippen LogP contribution in [0.4, 0.5) is 9.18 Å². The van der Waals surface area contributed by atoms with Crippen molar-refractivity contribution in [3.8, 4) is 0 Å². The molecule has 1 aliphatic heterocycles. The number of carbonyl (C=O) groups excluding carboxylic acids is 1. The molecule has 0 bridgehead atoms. The van der Waals surface area contributed by atoms with E-state index in [1.54, 1.807) is 20.8 Å². The molecule has 0 aromatic heterocycles. The first-order valence-electron chi connectivity index (χ1n) is 7.83. The summed E-state index contributed by atoms with van der Waals surface area (Å²) < 4.78 is 44.5. The Bertz CT molecular complexity index is 675. The molecule has 1 fully saturated rings. The minimum atomic E-state index is -3.64. The van der Waals surface area contributed by atoms with Gasteiger partial charge in [-0.3, -0.25) is 0 Å². The van der Waals surface area contributed by atoms with E-state index in [0.717, 1.165) is 12.1 Å². The third-order valence-corrected chi connectivity index (χ3v) is 5.54. The van der Waals surface area contributed by atoms with Crippen LogP contribution in [0.15, 0.2) is 29.2 Å². The fourth-order valence-corrected chi connectivity index (χ4v) is 3.94. The highest BCUT2D eigenvalue weighted by Gasteiger charge is 2.30. The van der Waals surface area contributed by atoms with Crippen LogP contribution in [-0.4, -0.2) is 43.5 Å². The molecule has 24 heavy (non-hydrogen) atoms. The molecule has 0 unspecified atom stereocenters. The first-order chi connectivity index (χ1) is 11.1. The van der Waals surface area contributed by atoms with Crippen LogP contribution in [0.3, 0.4) is 0 Å². The van der Waals surface area contributed by atoms with Gasteiger partial charge in [0.25, 0.3) is 0 Å². The number of nitrogens with one attached hydrogen (secondary N) is 1. The van der Waals surface area contributed by atoms with Crippen molar-refractivity contribution < 1.29 is 22.3 Å². The van der Waals surface area contributed by atoms with Crippen molar-refractivity contribution in [1.29, 1.82) is 0 Å². The molecule has 0 radical (unpaired) electrons. The van der Waals surface area contributed by atoms with Crippen molar-refractivity contribution in [3.05, 3.63) is 30.1 Å². The Morgan fingerprint density at radius 1 is 1.21 bits per heavy atom. The number of piperidine rings is 1. The number of hydrogen-bond acceptors (Lipinski definition) is 4. The third kappa shape index (κ3) is 4.91. The number of alkyl carbamates (subject to hydrolysis) is 1. The van der Waals surface area contributed by atoms with E-state index < -0.39 is 27.5 Å². The van der Waals surface area contributed by atoms with E-state index in [4.69, 9.17) is 4.74 Å². The zero-order chi connectivity index (χ0) is 18.0. The summed E-state index contributed by atoms with van der Waals surface area (Å²) in [5.41, 5.74) is -0.573. The maximum atomic E-state index is 12.9. The number of nitrogens with zero attached hydrogens (tertiary/aromatic N) is 1. The molecular weight excluding hydrogens is 335 g/mol. The lowest BCUT2D eigenvalue weighted by molar-refractivity contribution is 0.0489. The van der Waals surface area contributed by atoms with Gasteiger partial charge in [0.2, 0.25) is 10.0 Å². The van der Waals surface area contributed by atoms with Gasteiger partial charge in [-0.05, 0) is 57.9 Å². The lowest BCUT2D eigenvalue weighted by Crippen LogP contribution is -2.47. The number of halogens is 1. The highest BCUT2D eigenvalue weighted by Crippen LogP contribution is 2.21. The number of benzene rings is 1. The van der Waals surface area contributed by atoms with E-state index in [9.17, 15) is 17.6 Å².